The van der Waals surface area contributed by atoms with Crippen LogP contribution in [0.15, 0.2) is 66.2 Å². The number of carbonyl (C=O) groups excluding carboxylic acids is 2. The summed E-state index contributed by atoms with van der Waals surface area (Å²) in [5.74, 6) is -0.944. The number of guanidine groups is 1. The number of amides is 1. The molecule has 1 amide bonds. The largest absolute Gasteiger partial charge is 0.463 e. The highest BCUT2D eigenvalue weighted by atomic mass is 35.5. The summed E-state index contributed by atoms with van der Waals surface area (Å²) in [5, 5.41) is 8.28. The molecule has 16 heteroatoms. The Bertz CT molecular complexity index is 1970. The predicted molar refractivity (Wildman–Crippen MR) is 180 cm³/mol. The number of aryl methyl sites for hydroxylation is 1. The zero-order valence-electron chi connectivity index (χ0n) is 28.4. The van der Waals surface area contributed by atoms with Crippen LogP contribution in [0.3, 0.4) is 0 Å². The van der Waals surface area contributed by atoms with E-state index in [1.807, 2.05) is 20.8 Å². The average molecular weight is 729 g/mol. The molecule has 2 atom stereocenters. The van der Waals surface area contributed by atoms with Gasteiger partial charge in [0.15, 0.2) is 11.5 Å². The highest BCUT2D eigenvalue weighted by Crippen LogP contribution is 2.54. The number of rotatable bonds is 12. The smallest absolute Gasteiger partial charge is 0.333 e. The minimum Gasteiger partial charge on any atom is -0.463 e. The zero-order valence-corrected chi connectivity index (χ0v) is 29.1. The number of nitrogens with zero attached hydrogens (tertiary/aromatic N) is 7. The van der Waals surface area contributed by atoms with Gasteiger partial charge in [0.05, 0.1) is 29.4 Å². The minimum atomic E-state index is -2.80. The standard InChI is InChI=1S/C35H37ClF4N8O3/c1-20-42-19-44-48(20)26-13-22(7-10-25(26)36)27(17-51-28(49)14-34(11-12-34)29(37)38)47-30(50)35(45-32(47)41,18-33(2,3)4)24-8-5-21(6-9-24)23-15-43-46(16-23)31(39)40/h5-10,13,15-16,19,27,29,31H,11-12,14,17-18H2,1-4H3,(H2,41,45)/t27-,35-/m1/s1. The fourth-order valence-electron chi connectivity index (χ4n) is 6.50. The number of halogens is 5. The van der Waals surface area contributed by atoms with Crippen molar-refractivity contribution in [2.75, 3.05) is 6.61 Å². The van der Waals surface area contributed by atoms with E-state index in [9.17, 15) is 27.2 Å². The summed E-state index contributed by atoms with van der Waals surface area (Å²) in [7, 11) is 0. The van der Waals surface area contributed by atoms with Gasteiger partial charge in [-0.3, -0.25) is 14.5 Å². The van der Waals surface area contributed by atoms with E-state index in [1.165, 1.54) is 28.3 Å². The van der Waals surface area contributed by atoms with Crippen molar-refractivity contribution >= 4 is 29.4 Å². The van der Waals surface area contributed by atoms with Crippen LogP contribution in [0.4, 0.5) is 17.6 Å². The van der Waals surface area contributed by atoms with Gasteiger partial charge in [0.1, 0.15) is 18.8 Å². The third-order valence-electron chi connectivity index (χ3n) is 9.28. The molecule has 1 fully saturated rings. The molecule has 51 heavy (non-hydrogen) atoms. The molecule has 2 aromatic carbocycles. The number of nitrogens with two attached hydrogens (primary N) is 1. The number of ether oxygens (including phenoxy) is 1. The van der Waals surface area contributed by atoms with Crippen molar-refractivity contribution in [3.63, 3.8) is 0 Å². The summed E-state index contributed by atoms with van der Waals surface area (Å²) in [6.07, 6.45) is 1.43. The summed E-state index contributed by atoms with van der Waals surface area (Å²) in [6, 6.07) is 10.6. The Morgan fingerprint density at radius 1 is 1.06 bits per heavy atom. The molecule has 0 radical (unpaired) electrons. The highest BCUT2D eigenvalue weighted by molar-refractivity contribution is 6.32. The van der Waals surface area contributed by atoms with Crippen LogP contribution in [0.5, 0.6) is 0 Å². The molecule has 0 spiro atoms. The molecule has 2 aromatic heterocycles. The van der Waals surface area contributed by atoms with Crippen molar-refractivity contribution in [2.24, 2.45) is 21.6 Å². The van der Waals surface area contributed by atoms with Gasteiger partial charge in [0.2, 0.25) is 6.43 Å². The van der Waals surface area contributed by atoms with E-state index in [2.05, 4.69) is 15.2 Å². The first-order valence-electron chi connectivity index (χ1n) is 16.3. The molecule has 3 heterocycles. The maximum atomic E-state index is 14.9. The van der Waals surface area contributed by atoms with E-state index in [-0.39, 0.29) is 25.2 Å². The molecule has 1 aliphatic heterocycles. The molecular formula is C35H37ClF4N8O3. The van der Waals surface area contributed by atoms with E-state index in [0.29, 0.717) is 43.5 Å². The van der Waals surface area contributed by atoms with Crippen molar-refractivity contribution in [2.45, 2.75) is 77.9 Å². The van der Waals surface area contributed by atoms with Crippen LogP contribution < -0.4 is 5.73 Å². The zero-order chi connectivity index (χ0) is 36.9. The first kappa shape index (κ1) is 36.0. The van der Waals surface area contributed by atoms with Gasteiger partial charge < -0.3 is 10.5 Å². The van der Waals surface area contributed by atoms with E-state index in [0.717, 1.165) is 0 Å². The van der Waals surface area contributed by atoms with Gasteiger partial charge in [-0.25, -0.2) is 28.1 Å². The van der Waals surface area contributed by atoms with Crippen LogP contribution in [0.1, 0.15) is 76.0 Å². The third kappa shape index (κ3) is 7.08. The van der Waals surface area contributed by atoms with Gasteiger partial charge in [-0.05, 0) is 60.4 Å². The normalized spacial score (nSPS) is 19.2. The lowest BCUT2D eigenvalue weighted by molar-refractivity contribution is -0.150. The van der Waals surface area contributed by atoms with Gasteiger partial charge in [0, 0.05) is 17.2 Å². The quantitative estimate of drug-likeness (QED) is 0.123. The summed E-state index contributed by atoms with van der Waals surface area (Å²) < 4.78 is 61.4. The molecule has 0 unspecified atom stereocenters. The number of aromatic nitrogens is 5. The van der Waals surface area contributed by atoms with Gasteiger partial charge in [-0.15, -0.1) is 0 Å². The highest BCUT2D eigenvalue weighted by Gasteiger charge is 2.54. The summed E-state index contributed by atoms with van der Waals surface area (Å²) >= 11 is 6.57. The number of alkyl halides is 4. The topological polar surface area (TPSA) is 134 Å². The molecule has 1 saturated carbocycles. The molecule has 270 valence electrons. The fraction of sp³-hybridized carbons (Fsp3) is 0.429. The first-order valence-corrected chi connectivity index (χ1v) is 16.6. The van der Waals surface area contributed by atoms with Crippen LogP contribution in [0.2, 0.25) is 5.02 Å². The summed E-state index contributed by atoms with van der Waals surface area (Å²) in [6.45, 7) is 4.37. The van der Waals surface area contributed by atoms with E-state index < -0.39 is 60.3 Å². The van der Waals surface area contributed by atoms with Crippen molar-refractivity contribution in [3.8, 4) is 16.8 Å². The first-order chi connectivity index (χ1) is 24.0. The van der Waals surface area contributed by atoms with Crippen LogP contribution in [-0.2, 0) is 19.9 Å². The SMILES string of the molecule is Cc1ncnn1-c1cc([C@@H](COC(=O)CC2(C(F)F)CC2)N2C(=O)[C@@](CC(C)(C)C)(c3ccc(-c4cnn(C(F)F)c4)cc3)N=C2N)ccc1Cl. The Balaban J connectivity index is 1.39. The van der Waals surface area contributed by atoms with Gasteiger partial charge in [0.25, 0.3) is 5.91 Å². The second kappa shape index (κ2) is 13.4. The molecule has 1 aliphatic carbocycles. The molecular weight excluding hydrogens is 692 g/mol. The number of esters is 1. The molecule has 0 bridgehead atoms. The Labute approximate surface area is 296 Å². The molecule has 11 nitrogen and oxygen atoms in total. The third-order valence-corrected chi connectivity index (χ3v) is 9.59. The molecule has 4 aromatic rings. The second-order valence-corrected chi connectivity index (χ2v) is 14.7. The second-order valence-electron chi connectivity index (χ2n) is 14.3. The number of carbonyl (C=O) groups is 2. The fourth-order valence-corrected chi connectivity index (χ4v) is 6.70. The van der Waals surface area contributed by atoms with Crippen LogP contribution in [0.25, 0.3) is 16.8 Å². The monoisotopic (exact) mass is 728 g/mol. The van der Waals surface area contributed by atoms with Gasteiger partial charge in [-0.1, -0.05) is 62.7 Å². The molecule has 0 saturated heterocycles. The Morgan fingerprint density at radius 3 is 2.33 bits per heavy atom. The summed E-state index contributed by atoms with van der Waals surface area (Å²) in [5.41, 5.74) is 5.66. The number of hydrogen-bond donors (Lipinski definition) is 1. The lowest BCUT2D eigenvalue weighted by Crippen LogP contribution is -2.47. The predicted octanol–water partition coefficient (Wildman–Crippen LogP) is 7.00. The molecule has 2 N–H and O–H groups in total. The minimum absolute atomic E-state index is 0.146. The van der Waals surface area contributed by atoms with Gasteiger partial charge in [-0.2, -0.15) is 19.0 Å². The Kier molecular flexibility index (Phi) is 9.46. The number of benzene rings is 2. The van der Waals surface area contributed by atoms with Crippen molar-refractivity contribution < 1.29 is 31.9 Å². The van der Waals surface area contributed by atoms with E-state index in [1.54, 1.807) is 49.4 Å². The molecule has 6 rings (SSSR count). The van der Waals surface area contributed by atoms with E-state index in [4.69, 9.17) is 27.1 Å². The Hall–Kier alpha value is -4.79. The molecule has 2 aliphatic rings. The van der Waals surface area contributed by atoms with Crippen LogP contribution in [0, 0.1) is 17.8 Å². The average Bonchev–Trinajstić information content (AvgIpc) is 3.35. The van der Waals surface area contributed by atoms with E-state index >= 15 is 0 Å². The van der Waals surface area contributed by atoms with Crippen molar-refractivity contribution in [1.29, 1.82) is 0 Å². The van der Waals surface area contributed by atoms with Gasteiger partial charge >= 0.3 is 12.5 Å². The van der Waals surface area contributed by atoms with Crippen molar-refractivity contribution in [1.82, 2.24) is 29.4 Å². The van der Waals surface area contributed by atoms with Crippen LogP contribution >= 0.6 is 11.6 Å². The van der Waals surface area contributed by atoms with Crippen LogP contribution in [-0.4, -0.2) is 60.3 Å². The lowest BCUT2D eigenvalue weighted by atomic mass is 9.75. The number of hydrogen-bond acceptors (Lipinski definition) is 8. The maximum Gasteiger partial charge on any atom is 0.333 e. The Morgan fingerprint density at radius 2 is 1.76 bits per heavy atom. The lowest BCUT2D eigenvalue weighted by Gasteiger charge is -2.35. The number of aliphatic imine (C=N–C) groups is 1. The summed E-state index contributed by atoms with van der Waals surface area (Å²) in [4.78, 5) is 38.1. The van der Waals surface area contributed by atoms with Crippen molar-refractivity contribution in [3.05, 3.63) is 83.2 Å². The maximum absolute atomic E-state index is 14.9.